The fourth-order valence-corrected chi connectivity index (χ4v) is 7.03. The maximum Gasteiger partial charge on any atom is 0.266 e. The minimum atomic E-state index is -0.0210. The number of benzene rings is 2. The zero-order valence-corrected chi connectivity index (χ0v) is 24.2. The van der Waals surface area contributed by atoms with Crippen LogP contribution in [0.25, 0.3) is 21.2 Å². The molecule has 4 aromatic rings. The van der Waals surface area contributed by atoms with Crippen molar-refractivity contribution in [1.82, 2.24) is 15.2 Å². The molecule has 1 fully saturated rings. The van der Waals surface area contributed by atoms with Crippen molar-refractivity contribution >= 4 is 44.7 Å². The molecule has 2 aromatic carbocycles. The van der Waals surface area contributed by atoms with Crippen LogP contribution in [0.1, 0.15) is 53.5 Å². The average Bonchev–Trinajstić information content (AvgIpc) is 3.29. The second-order valence-corrected chi connectivity index (χ2v) is 11.5. The van der Waals surface area contributed by atoms with Gasteiger partial charge in [-0.3, -0.25) is 4.79 Å². The number of nitrogens with one attached hydrogen (secondary N) is 1. The summed E-state index contributed by atoms with van der Waals surface area (Å²) < 4.78 is 7.07. The van der Waals surface area contributed by atoms with E-state index in [4.69, 9.17) is 22.1 Å². The highest BCUT2D eigenvalue weighted by Gasteiger charge is 2.32. The molecule has 0 unspecified atom stereocenters. The Morgan fingerprint density at radius 3 is 2.62 bits per heavy atom. The number of aryl methyl sites for hydroxylation is 1. The maximum atomic E-state index is 14.3. The van der Waals surface area contributed by atoms with E-state index in [-0.39, 0.29) is 11.9 Å². The fraction of sp³-hybridized carbons (Fsp3) is 0.355. The Hall–Kier alpha value is -3.13. The fourth-order valence-electron chi connectivity index (χ4n) is 5.56. The molecule has 1 aliphatic carbocycles. The largest absolute Gasteiger partial charge is 0.494 e. The van der Waals surface area contributed by atoms with Gasteiger partial charge >= 0.3 is 0 Å². The number of amides is 1. The third kappa shape index (κ3) is 5.76. The Morgan fingerprint density at radius 1 is 1.15 bits per heavy atom. The van der Waals surface area contributed by atoms with Crippen LogP contribution >= 0.6 is 22.9 Å². The molecule has 1 aliphatic rings. The predicted molar refractivity (Wildman–Crippen MR) is 162 cm³/mol. The number of nitrogen functional groups attached to an aromatic ring is 1. The van der Waals surface area contributed by atoms with Crippen LogP contribution in [0.5, 0.6) is 5.75 Å². The van der Waals surface area contributed by atoms with Crippen LogP contribution < -0.4 is 15.8 Å². The molecule has 8 heteroatoms. The van der Waals surface area contributed by atoms with Gasteiger partial charge < -0.3 is 20.7 Å². The van der Waals surface area contributed by atoms with Crippen molar-refractivity contribution in [1.29, 1.82) is 0 Å². The number of ether oxygens (including phenoxy) is 1. The van der Waals surface area contributed by atoms with Gasteiger partial charge in [0.2, 0.25) is 0 Å². The van der Waals surface area contributed by atoms with Crippen LogP contribution in [0, 0.1) is 6.92 Å². The standard InChI is InChI=1S/C31H35ClN4O2S/c1-4-38-26-15-9-20(24-14-16-28(33)35-19(24)2)17-21(26)18-36(23-12-10-22(34-3)11-13-23)31(37)30-29(32)25-7-5-6-8-27(25)39-30/h5-9,14-17,22-23,34H,4,10-13,18H2,1-3H3,(H2,33,35)/t22-,23-. The lowest BCUT2D eigenvalue weighted by Crippen LogP contribution is -2.44. The third-order valence-electron chi connectivity index (χ3n) is 7.66. The number of anilines is 1. The monoisotopic (exact) mass is 562 g/mol. The van der Waals surface area contributed by atoms with Crippen LogP contribution in [0.15, 0.2) is 54.6 Å². The van der Waals surface area contributed by atoms with Crippen molar-refractivity contribution in [3.8, 4) is 16.9 Å². The van der Waals surface area contributed by atoms with Gasteiger partial charge in [-0.2, -0.15) is 0 Å². The van der Waals surface area contributed by atoms with E-state index in [0.717, 1.165) is 63.9 Å². The first-order valence-electron chi connectivity index (χ1n) is 13.5. The zero-order chi connectivity index (χ0) is 27.5. The van der Waals surface area contributed by atoms with Gasteiger partial charge in [0.15, 0.2) is 0 Å². The molecule has 0 bridgehead atoms. The first-order valence-corrected chi connectivity index (χ1v) is 14.7. The number of carbonyl (C=O) groups is 1. The summed E-state index contributed by atoms with van der Waals surface area (Å²) in [5.74, 6) is 1.26. The number of aromatic nitrogens is 1. The SMILES string of the molecule is CCOc1ccc(-c2ccc(N)nc2C)cc1CN(C(=O)c1sc2ccccc2c1Cl)[C@H]1CC[C@H](NC)CC1. The van der Waals surface area contributed by atoms with Gasteiger partial charge in [-0.05, 0) is 82.5 Å². The number of rotatable bonds is 8. The molecular weight excluding hydrogens is 528 g/mol. The number of halogens is 1. The summed E-state index contributed by atoms with van der Waals surface area (Å²) in [5, 5.41) is 4.87. The van der Waals surface area contributed by atoms with E-state index in [1.54, 1.807) is 0 Å². The van der Waals surface area contributed by atoms with Crippen molar-refractivity contribution in [3.05, 3.63) is 75.8 Å². The summed E-state index contributed by atoms with van der Waals surface area (Å²) in [6.45, 7) is 4.91. The Bertz CT molecular complexity index is 1480. The lowest BCUT2D eigenvalue weighted by atomic mass is 9.89. The van der Waals surface area contributed by atoms with E-state index in [9.17, 15) is 4.79 Å². The van der Waals surface area contributed by atoms with Crippen molar-refractivity contribution in [2.45, 2.75) is 58.2 Å². The number of fused-ring (bicyclic) bond motifs is 1. The number of pyridine rings is 1. The lowest BCUT2D eigenvalue weighted by molar-refractivity contribution is 0.0604. The smallest absolute Gasteiger partial charge is 0.266 e. The average molecular weight is 563 g/mol. The minimum absolute atomic E-state index is 0.0210. The summed E-state index contributed by atoms with van der Waals surface area (Å²) in [6.07, 6.45) is 3.92. The first kappa shape index (κ1) is 27.4. The quantitative estimate of drug-likeness (QED) is 0.240. The number of thiophene rings is 1. The Balaban J connectivity index is 1.55. The first-order chi connectivity index (χ1) is 18.9. The molecular formula is C31H35ClN4O2S. The number of nitrogens with zero attached hydrogens (tertiary/aromatic N) is 2. The second-order valence-electron chi connectivity index (χ2n) is 10.1. The molecule has 2 heterocycles. The van der Waals surface area contributed by atoms with Crippen molar-refractivity contribution in [2.24, 2.45) is 0 Å². The Morgan fingerprint density at radius 2 is 1.92 bits per heavy atom. The van der Waals surface area contributed by atoms with E-state index in [2.05, 4.69) is 16.4 Å². The van der Waals surface area contributed by atoms with Crippen molar-refractivity contribution in [3.63, 3.8) is 0 Å². The van der Waals surface area contributed by atoms with Crippen LogP contribution in [-0.4, -0.2) is 41.5 Å². The maximum absolute atomic E-state index is 14.3. The Labute approximate surface area is 239 Å². The molecule has 39 heavy (non-hydrogen) atoms. The van der Waals surface area contributed by atoms with E-state index >= 15 is 0 Å². The van der Waals surface area contributed by atoms with Crippen LogP contribution in [-0.2, 0) is 6.54 Å². The van der Waals surface area contributed by atoms with E-state index < -0.39 is 0 Å². The molecule has 1 saturated carbocycles. The summed E-state index contributed by atoms with van der Waals surface area (Å²) in [5.41, 5.74) is 9.76. The van der Waals surface area contributed by atoms with E-state index in [1.165, 1.54) is 11.3 Å². The molecule has 6 nitrogen and oxygen atoms in total. The molecule has 3 N–H and O–H groups in total. The highest BCUT2D eigenvalue weighted by Crippen LogP contribution is 2.38. The molecule has 0 spiro atoms. The summed E-state index contributed by atoms with van der Waals surface area (Å²) in [6, 6.07) is 18.5. The number of hydrogen-bond acceptors (Lipinski definition) is 6. The van der Waals surface area contributed by atoms with Gasteiger partial charge in [0, 0.05) is 45.5 Å². The highest BCUT2D eigenvalue weighted by atomic mass is 35.5. The molecule has 0 saturated heterocycles. The second kappa shape index (κ2) is 11.9. The Kier molecular flexibility index (Phi) is 8.40. The zero-order valence-electron chi connectivity index (χ0n) is 22.7. The number of nitrogens with two attached hydrogens (primary N) is 1. The molecule has 0 aliphatic heterocycles. The van der Waals surface area contributed by atoms with Crippen molar-refractivity contribution < 1.29 is 9.53 Å². The van der Waals surface area contributed by atoms with Gasteiger partial charge in [0.1, 0.15) is 16.4 Å². The van der Waals surface area contributed by atoms with E-state index in [0.29, 0.717) is 34.9 Å². The highest BCUT2D eigenvalue weighted by molar-refractivity contribution is 7.21. The van der Waals surface area contributed by atoms with Gasteiger partial charge in [-0.25, -0.2) is 4.98 Å². The number of carbonyl (C=O) groups excluding carboxylic acids is 1. The predicted octanol–water partition coefficient (Wildman–Crippen LogP) is 7.08. The van der Waals surface area contributed by atoms with Crippen molar-refractivity contribution in [2.75, 3.05) is 19.4 Å². The van der Waals surface area contributed by atoms with Gasteiger partial charge in [0.05, 0.1) is 11.6 Å². The summed E-state index contributed by atoms with van der Waals surface area (Å²) in [4.78, 5) is 21.4. The molecule has 0 atom stereocenters. The van der Waals surface area contributed by atoms with Gasteiger partial charge in [0.25, 0.3) is 5.91 Å². The molecule has 2 aromatic heterocycles. The van der Waals surface area contributed by atoms with Crippen LogP contribution in [0.3, 0.4) is 0 Å². The van der Waals surface area contributed by atoms with Gasteiger partial charge in [-0.1, -0.05) is 35.9 Å². The molecule has 5 rings (SSSR count). The van der Waals surface area contributed by atoms with E-state index in [1.807, 2.05) is 74.3 Å². The third-order valence-corrected chi connectivity index (χ3v) is 9.32. The summed E-state index contributed by atoms with van der Waals surface area (Å²) >= 11 is 8.28. The minimum Gasteiger partial charge on any atom is -0.494 e. The normalized spacial score (nSPS) is 17.3. The lowest BCUT2D eigenvalue weighted by Gasteiger charge is -2.37. The summed E-state index contributed by atoms with van der Waals surface area (Å²) in [7, 11) is 2.01. The van der Waals surface area contributed by atoms with Crippen LogP contribution in [0.2, 0.25) is 5.02 Å². The van der Waals surface area contributed by atoms with Crippen LogP contribution in [0.4, 0.5) is 5.82 Å². The molecule has 204 valence electrons. The number of hydrogen-bond donors (Lipinski definition) is 2. The topological polar surface area (TPSA) is 80.5 Å². The molecule has 1 amide bonds. The molecule has 0 radical (unpaired) electrons. The van der Waals surface area contributed by atoms with Gasteiger partial charge in [-0.15, -0.1) is 11.3 Å².